The quantitative estimate of drug-likeness (QED) is 0.662. The topological polar surface area (TPSA) is 92.4 Å². The first-order valence-corrected chi connectivity index (χ1v) is 9.57. The van der Waals surface area contributed by atoms with Crippen LogP contribution in [0.2, 0.25) is 0 Å². The number of benzene rings is 2. The first-order valence-electron chi connectivity index (χ1n) is 9.57. The average Bonchev–Trinajstić information content (AvgIpc) is 3.44. The van der Waals surface area contributed by atoms with Gasteiger partial charge in [-0.25, -0.2) is 14.2 Å². The van der Waals surface area contributed by atoms with Crippen molar-refractivity contribution in [1.29, 1.82) is 0 Å². The van der Waals surface area contributed by atoms with Crippen LogP contribution in [0.4, 0.5) is 14.9 Å². The highest BCUT2D eigenvalue weighted by molar-refractivity contribution is 5.91. The zero-order valence-electron chi connectivity index (χ0n) is 16.7. The molecule has 1 aromatic heterocycles. The number of H-pyrrole nitrogens is 1. The van der Waals surface area contributed by atoms with Gasteiger partial charge >= 0.3 is 6.03 Å². The van der Waals surface area contributed by atoms with Crippen molar-refractivity contribution in [1.82, 2.24) is 20.1 Å². The molecule has 2 aromatic carbocycles. The lowest BCUT2D eigenvalue weighted by molar-refractivity contribution is 0.205. The van der Waals surface area contributed by atoms with Crippen LogP contribution in [0.5, 0.6) is 11.5 Å². The van der Waals surface area contributed by atoms with E-state index < -0.39 is 0 Å². The smallest absolute Gasteiger partial charge is 0.322 e. The van der Waals surface area contributed by atoms with Crippen LogP contribution < -0.4 is 14.8 Å². The number of halogens is 1. The Morgan fingerprint density at radius 2 is 2.00 bits per heavy atom. The van der Waals surface area contributed by atoms with Crippen LogP contribution >= 0.6 is 0 Å². The van der Waals surface area contributed by atoms with Gasteiger partial charge in [-0.3, -0.25) is 5.10 Å². The molecule has 2 amide bonds. The number of hydrogen-bond acceptors (Lipinski definition) is 5. The number of aromatic amines is 1. The Morgan fingerprint density at radius 1 is 1.20 bits per heavy atom. The number of nitrogens with one attached hydrogen (secondary N) is 2. The third-order valence-electron chi connectivity index (χ3n) is 5.08. The second kappa shape index (κ2) is 8.40. The number of aromatic nitrogens is 3. The van der Waals surface area contributed by atoms with Crippen LogP contribution in [0.15, 0.2) is 42.5 Å². The summed E-state index contributed by atoms with van der Waals surface area (Å²) >= 11 is 0. The van der Waals surface area contributed by atoms with Crippen molar-refractivity contribution in [3.8, 4) is 22.9 Å². The molecule has 0 spiro atoms. The Kier molecular flexibility index (Phi) is 5.51. The second-order valence-electron chi connectivity index (χ2n) is 6.90. The lowest BCUT2D eigenvalue weighted by Crippen LogP contribution is -2.35. The molecule has 8 nitrogen and oxygen atoms in total. The van der Waals surface area contributed by atoms with Gasteiger partial charge in [-0.2, -0.15) is 5.10 Å². The summed E-state index contributed by atoms with van der Waals surface area (Å²) in [5.74, 6) is 1.90. The summed E-state index contributed by atoms with van der Waals surface area (Å²) in [7, 11) is 3.11. The molecule has 0 saturated carbocycles. The van der Waals surface area contributed by atoms with Gasteiger partial charge in [0.15, 0.2) is 5.82 Å². The van der Waals surface area contributed by atoms with E-state index in [-0.39, 0.29) is 17.9 Å². The molecule has 0 bridgehead atoms. The van der Waals surface area contributed by atoms with E-state index in [0.29, 0.717) is 40.9 Å². The predicted molar refractivity (Wildman–Crippen MR) is 109 cm³/mol. The molecule has 1 aliphatic heterocycles. The molecule has 4 rings (SSSR count). The van der Waals surface area contributed by atoms with Gasteiger partial charge in [0.25, 0.3) is 0 Å². The van der Waals surface area contributed by atoms with E-state index in [1.807, 2.05) is 0 Å². The number of likely N-dealkylation sites (tertiary alicyclic amines) is 1. The highest BCUT2D eigenvalue weighted by atomic mass is 19.1. The number of carbonyl (C=O) groups excluding carboxylic acids is 1. The largest absolute Gasteiger partial charge is 0.497 e. The Hall–Kier alpha value is -3.62. The molecule has 0 aliphatic carbocycles. The maximum absolute atomic E-state index is 13.2. The van der Waals surface area contributed by atoms with Gasteiger partial charge in [-0.05, 0) is 49.2 Å². The van der Waals surface area contributed by atoms with E-state index in [9.17, 15) is 9.18 Å². The normalized spacial score (nSPS) is 15.8. The zero-order chi connectivity index (χ0) is 21.1. The van der Waals surface area contributed by atoms with Crippen LogP contribution in [-0.4, -0.2) is 46.9 Å². The van der Waals surface area contributed by atoms with Gasteiger partial charge in [0, 0.05) is 18.2 Å². The van der Waals surface area contributed by atoms with Crippen molar-refractivity contribution in [2.45, 2.75) is 18.9 Å². The number of methoxy groups -OCH3 is 2. The molecule has 1 atom stereocenters. The summed E-state index contributed by atoms with van der Waals surface area (Å²) in [5.41, 5.74) is 1.26. The van der Waals surface area contributed by atoms with Crippen LogP contribution in [0.25, 0.3) is 11.4 Å². The highest BCUT2D eigenvalue weighted by Crippen LogP contribution is 2.33. The minimum Gasteiger partial charge on any atom is -0.497 e. The number of nitrogens with zero attached hydrogens (tertiary/aromatic N) is 3. The molecule has 3 aromatic rings. The van der Waals surface area contributed by atoms with Gasteiger partial charge in [0.1, 0.15) is 23.1 Å². The fourth-order valence-electron chi connectivity index (χ4n) is 3.53. The van der Waals surface area contributed by atoms with Gasteiger partial charge in [-0.1, -0.05) is 0 Å². The lowest BCUT2D eigenvalue weighted by Gasteiger charge is -2.23. The molecule has 30 heavy (non-hydrogen) atoms. The Labute approximate surface area is 173 Å². The van der Waals surface area contributed by atoms with Gasteiger partial charge in [0.2, 0.25) is 0 Å². The fraction of sp³-hybridized carbons (Fsp3) is 0.286. The highest BCUT2D eigenvalue weighted by Gasteiger charge is 2.33. The number of amides is 2. The van der Waals surface area contributed by atoms with Crippen LogP contribution in [0.1, 0.15) is 24.7 Å². The Morgan fingerprint density at radius 3 is 2.73 bits per heavy atom. The summed E-state index contributed by atoms with van der Waals surface area (Å²) < 4.78 is 23.7. The molecule has 2 heterocycles. The van der Waals surface area contributed by atoms with Crippen LogP contribution in [-0.2, 0) is 0 Å². The van der Waals surface area contributed by atoms with Gasteiger partial charge in [-0.15, -0.1) is 0 Å². The third-order valence-corrected chi connectivity index (χ3v) is 5.08. The zero-order valence-corrected chi connectivity index (χ0v) is 16.7. The predicted octanol–water partition coefficient (Wildman–Crippen LogP) is 4.00. The number of rotatable bonds is 5. The summed E-state index contributed by atoms with van der Waals surface area (Å²) in [6, 6.07) is 10.7. The number of hydrogen-bond donors (Lipinski definition) is 2. The molecule has 1 aliphatic rings. The summed E-state index contributed by atoms with van der Waals surface area (Å²) in [4.78, 5) is 19.2. The molecule has 2 N–H and O–H groups in total. The van der Waals surface area contributed by atoms with Crippen molar-refractivity contribution >= 4 is 11.7 Å². The molecule has 156 valence electrons. The van der Waals surface area contributed by atoms with E-state index in [4.69, 9.17) is 9.47 Å². The third kappa shape index (κ3) is 3.91. The number of anilines is 1. The number of ether oxygens (including phenoxy) is 2. The fourth-order valence-corrected chi connectivity index (χ4v) is 3.53. The first-order chi connectivity index (χ1) is 14.6. The van der Waals surface area contributed by atoms with E-state index in [1.165, 1.54) is 19.2 Å². The van der Waals surface area contributed by atoms with E-state index in [0.717, 1.165) is 12.8 Å². The SMILES string of the molecule is COc1ccc(NC(=O)N2CCC[C@H]2c2nc(-c3ccc(F)cc3)n[nH]2)c(OC)c1. The second-order valence-corrected chi connectivity index (χ2v) is 6.90. The Balaban J connectivity index is 1.51. The van der Waals surface area contributed by atoms with Gasteiger partial charge in [0.05, 0.1) is 25.9 Å². The molecule has 1 saturated heterocycles. The van der Waals surface area contributed by atoms with Crippen molar-refractivity contribution in [3.63, 3.8) is 0 Å². The monoisotopic (exact) mass is 411 g/mol. The van der Waals surface area contributed by atoms with E-state index >= 15 is 0 Å². The molecule has 0 radical (unpaired) electrons. The van der Waals surface area contributed by atoms with Crippen molar-refractivity contribution in [2.24, 2.45) is 0 Å². The molecule has 0 unspecified atom stereocenters. The Bertz CT molecular complexity index is 1040. The van der Waals surface area contributed by atoms with E-state index in [1.54, 1.807) is 42.3 Å². The number of urea groups is 1. The van der Waals surface area contributed by atoms with Crippen molar-refractivity contribution < 1.29 is 18.7 Å². The summed E-state index contributed by atoms with van der Waals surface area (Å²) in [5, 5.41) is 10.1. The molecule has 9 heteroatoms. The average molecular weight is 411 g/mol. The standard InChI is InChI=1S/C21H22FN5O3/c1-29-15-9-10-16(18(12-15)30-2)23-21(28)27-11-3-4-17(27)20-24-19(25-26-20)13-5-7-14(22)8-6-13/h5-10,12,17H,3-4,11H2,1-2H3,(H,23,28)(H,24,25,26)/t17-/m0/s1. The summed E-state index contributed by atoms with van der Waals surface area (Å²) in [6.07, 6.45) is 1.62. The molecular weight excluding hydrogens is 389 g/mol. The number of carbonyl (C=O) groups is 1. The van der Waals surface area contributed by atoms with Crippen molar-refractivity contribution in [2.75, 3.05) is 26.1 Å². The maximum atomic E-state index is 13.2. The molecular formula is C21H22FN5O3. The van der Waals surface area contributed by atoms with E-state index in [2.05, 4.69) is 20.5 Å². The first kappa shape index (κ1) is 19.7. The molecule has 1 fully saturated rings. The van der Waals surface area contributed by atoms with Crippen molar-refractivity contribution in [3.05, 3.63) is 54.1 Å². The summed E-state index contributed by atoms with van der Waals surface area (Å²) in [6.45, 7) is 0.599. The lowest BCUT2D eigenvalue weighted by atomic mass is 10.2. The van der Waals surface area contributed by atoms with Gasteiger partial charge < -0.3 is 19.7 Å². The minimum absolute atomic E-state index is 0.226. The maximum Gasteiger partial charge on any atom is 0.322 e. The van der Waals surface area contributed by atoms with Crippen LogP contribution in [0, 0.1) is 5.82 Å². The minimum atomic E-state index is -0.317. The van der Waals surface area contributed by atoms with Crippen LogP contribution in [0.3, 0.4) is 0 Å².